The quantitative estimate of drug-likeness (QED) is 0.784. The first-order chi connectivity index (χ1) is 9.10. The number of esters is 1. The van der Waals surface area contributed by atoms with E-state index in [2.05, 4.69) is 10.2 Å². The Balaban J connectivity index is 1.87. The number of ether oxygens (including phenoxy) is 1. The van der Waals surface area contributed by atoms with Crippen molar-refractivity contribution in [2.75, 3.05) is 7.11 Å². The van der Waals surface area contributed by atoms with E-state index >= 15 is 0 Å². The molecule has 19 heavy (non-hydrogen) atoms. The van der Waals surface area contributed by atoms with Crippen LogP contribution in [0, 0.1) is 5.92 Å². The second-order valence-electron chi connectivity index (χ2n) is 5.63. The molecule has 0 N–H and O–H groups in total. The highest BCUT2D eigenvalue weighted by molar-refractivity contribution is 5.69. The lowest BCUT2D eigenvalue weighted by Gasteiger charge is -2.25. The summed E-state index contributed by atoms with van der Waals surface area (Å²) in [6.45, 7) is 4.09. The molecule has 5 nitrogen and oxygen atoms in total. The smallest absolute Gasteiger partial charge is 0.305 e. The predicted molar refractivity (Wildman–Crippen MR) is 69.7 cm³/mol. The van der Waals surface area contributed by atoms with Crippen LogP contribution >= 0.6 is 0 Å². The molecule has 106 valence electrons. The lowest BCUT2D eigenvalue weighted by Crippen LogP contribution is -2.17. The van der Waals surface area contributed by atoms with Crippen LogP contribution in [0.4, 0.5) is 0 Å². The van der Waals surface area contributed by atoms with Crippen molar-refractivity contribution in [3.63, 3.8) is 0 Å². The van der Waals surface area contributed by atoms with E-state index in [9.17, 15) is 4.79 Å². The summed E-state index contributed by atoms with van der Waals surface area (Å²) in [7, 11) is 1.44. The largest absolute Gasteiger partial charge is 0.469 e. The number of methoxy groups -OCH3 is 1. The molecule has 1 heterocycles. The van der Waals surface area contributed by atoms with E-state index in [1.807, 2.05) is 13.8 Å². The van der Waals surface area contributed by atoms with Gasteiger partial charge in [-0.25, -0.2) is 0 Å². The van der Waals surface area contributed by atoms with Crippen LogP contribution in [0.15, 0.2) is 4.42 Å². The van der Waals surface area contributed by atoms with E-state index < -0.39 is 0 Å². The summed E-state index contributed by atoms with van der Waals surface area (Å²) < 4.78 is 10.4. The van der Waals surface area contributed by atoms with Gasteiger partial charge in [0.25, 0.3) is 0 Å². The fraction of sp³-hybridized carbons (Fsp3) is 0.786. The van der Waals surface area contributed by atoms with Crippen LogP contribution in [-0.2, 0) is 9.53 Å². The SMILES string of the molecule is COC(=O)CC1CCC(c2nnc(C(C)C)o2)CC1. The van der Waals surface area contributed by atoms with Gasteiger partial charge in [-0.2, -0.15) is 0 Å². The monoisotopic (exact) mass is 266 g/mol. The van der Waals surface area contributed by atoms with E-state index in [-0.39, 0.29) is 11.9 Å². The fourth-order valence-corrected chi connectivity index (χ4v) is 2.58. The summed E-state index contributed by atoms with van der Waals surface area (Å²) >= 11 is 0. The van der Waals surface area contributed by atoms with Crippen LogP contribution < -0.4 is 0 Å². The van der Waals surface area contributed by atoms with E-state index in [4.69, 9.17) is 9.15 Å². The molecule has 0 aliphatic heterocycles. The van der Waals surface area contributed by atoms with Crippen molar-refractivity contribution in [1.29, 1.82) is 0 Å². The molecule has 2 rings (SSSR count). The van der Waals surface area contributed by atoms with Crippen LogP contribution in [0.2, 0.25) is 0 Å². The lowest BCUT2D eigenvalue weighted by molar-refractivity contribution is -0.142. The first kappa shape index (κ1) is 14.0. The first-order valence-electron chi connectivity index (χ1n) is 7.00. The van der Waals surface area contributed by atoms with E-state index in [1.165, 1.54) is 7.11 Å². The highest BCUT2D eigenvalue weighted by atomic mass is 16.5. The summed E-state index contributed by atoms with van der Waals surface area (Å²) in [5, 5.41) is 8.24. The normalized spacial score (nSPS) is 23.6. The highest BCUT2D eigenvalue weighted by Crippen LogP contribution is 2.36. The number of nitrogens with zero attached hydrogens (tertiary/aromatic N) is 2. The highest BCUT2D eigenvalue weighted by Gasteiger charge is 2.27. The Morgan fingerprint density at radius 1 is 1.32 bits per heavy atom. The van der Waals surface area contributed by atoms with Gasteiger partial charge >= 0.3 is 5.97 Å². The number of carbonyl (C=O) groups is 1. The van der Waals surface area contributed by atoms with Crippen molar-refractivity contribution in [3.8, 4) is 0 Å². The minimum atomic E-state index is -0.108. The average Bonchev–Trinajstić information content (AvgIpc) is 2.89. The standard InChI is InChI=1S/C14H22N2O3/c1-9(2)13-15-16-14(19-13)11-6-4-10(5-7-11)8-12(17)18-3/h9-11H,4-8H2,1-3H3. The topological polar surface area (TPSA) is 65.2 Å². The second-order valence-corrected chi connectivity index (χ2v) is 5.63. The molecule has 1 aromatic heterocycles. The summed E-state index contributed by atoms with van der Waals surface area (Å²) in [5.74, 6) is 2.44. The maximum absolute atomic E-state index is 11.2. The molecule has 0 atom stereocenters. The fourth-order valence-electron chi connectivity index (χ4n) is 2.58. The van der Waals surface area contributed by atoms with Crippen molar-refractivity contribution in [3.05, 3.63) is 11.8 Å². The number of hydrogen-bond acceptors (Lipinski definition) is 5. The molecule has 1 aliphatic carbocycles. The minimum Gasteiger partial charge on any atom is -0.469 e. The number of carbonyl (C=O) groups excluding carboxylic acids is 1. The van der Waals surface area contributed by atoms with Gasteiger partial charge in [0.05, 0.1) is 7.11 Å². The molecule has 1 fully saturated rings. The molecule has 1 saturated carbocycles. The molecule has 0 spiro atoms. The summed E-state index contributed by atoms with van der Waals surface area (Å²) in [6, 6.07) is 0. The third-order valence-electron chi connectivity index (χ3n) is 3.83. The van der Waals surface area contributed by atoms with Crippen molar-refractivity contribution in [2.45, 2.75) is 57.8 Å². The molecule has 0 aromatic carbocycles. The Morgan fingerprint density at radius 2 is 2.00 bits per heavy atom. The zero-order chi connectivity index (χ0) is 13.8. The Morgan fingerprint density at radius 3 is 2.53 bits per heavy atom. The van der Waals surface area contributed by atoms with E-state index in [0.717, 1.165) is 31.6 Å². The summed E-state index contributed by atoms with van der Waals surface area (Å²) in [4.78, 5) is 11.2. The van der Waals surface area contributed by atoms with E-state index in [0.29, 0.717) is 24.1 Å². The molecular weight excluding hydrogens is 244 g/mol. The minimum absolute atomic E-state index is 0.108. The maximum atomic E-state index is 11.2. The van der Waals surface area contributed by atoms with Gasteiger partial charge in [0, 0.05) is 18.3 Å². The third kappa shape index (κ3) is 3.55. The number of aromatic nitrogens is 2. The molecule has 1 aromatic rings. The van der Waals surface area contributed by atoms with Gasteiger partial charge in [-0.1, -0.05) is 13.8 Å². The van der Waals surface area contributed by atoms with Gasteiger partial charge in [0.2, 0.25) is 11.8 Å². The molecule has 0 bridgehead atoms. The average molecular weight is 266 g/mol. The third-order valence-corrected chi connectivity index (χ3v) is 3.83. The van der Waals surface area contributed by atoms with Gasteiger partial charge in [-0.15, -0.1) is 10.2 Å². The first-order valence-corrected chi connectivity index (χ1v) is 7.00. The van der Waals surface area contributed by atoms with Crippen LogP contribution in [-0.4, -0.2) is 23.3 Å². The van der Waals surface area contributed by atoms with Crippen LogP contribution in [0.25, 0.3) is 0 Å². The van der Waals surface area contributed by atoms with Gasteiger partial charge in [-0.05, 0) is 31.6 Å². The Labute approximate surface area is 113 Å². The molecular formula is C14H22N2O3. The second kappa shape index (κ2) is 6.17. The molecule has 1 aliphatic rings. The van der Waals surface area contributed by atoms with Gasteiger partial charge in [0.15, 0.2) is 0 Å². The molecule has 5 heteroatoms. The number of rotatable bonds is 4. The summed E-state index contributed by atoms with van der Waals surface area (Å²) in [6.07, 6.45) is 4.62. The molecule has 0 radical (unpaired) electrons. The number of hydrogen-bond donors (Lipinski definition) is 0. The van der Waals surface area contributed by atoms with Crippen LogP contribution in [0.3, 0.4) is 0 Å². The molecule has 0 amide bonds. The molecule has 0 saturated heterocycles. The predicted octanol–water partition coefficient (Wildman–Crippen LogP) is 3.03. The van der Waals surface area contributed by atoms with Crippen LogP contribution in [0.1, 0.15) is 69.6 Å². The zero-order valence-electron chi connectivity index (χ0n) is 11.9. The summed E-state index contributed by atoms with van der Waals surface area (Å²) in [5.41, 5.74) is 0. The van der Waals surface area contributed by atoms with Crippen LogP contribution in [0.5, 0.6) is 0 Å². The van der Waals surface area contributed by atoms with Gasteiger partial charge in [0.1, 0.15) is 0 Å². The Hall–Kier alpha value is -1.39. The Bertz CT molecular complexity index is 420. The Kier molecular flexibility index (Phi) is 4.56. The van der Waals surface area contributed by atoms with Crippen molar-refractivity contribution in [1.82, 2.24) is 10.2 Å². The zero-order valence-corrected chi connectivity index (χ0v) is 11.9. The van der Waals surface area contributed by atoms with Gasteiger partial charge < -0.3 is 9.15 Å². The van der Waals surface area contributed by atoms with Crippen molar-refractivity contribution in [2.24, 2.45) is 5.92 Å². The maximum Gasteiger partial charge on any atom is 0.305 e. The van der Waals surface area contributed by atoms with E-state index in [1.54, 1.807) is 0 Å². The molecule has 0 unspecified atom stereocenters. The van der Waals surface area contributed by atoms with Gasteiger partial charge in [-0.3, -0.25) is 4.79 Å². The van der Waals surface area contributed by atoms with Crippen molar-refractivity contribution >= 4 is 5.97 Å². The lowest BCUT2D eigenvalue weighted by atomic mass is 9.80. The van der Waals surface area contributed by atoms with Crippen molar-refractivity contribution < 1.29 is 13.9 Å².